The van der Waals surface area contributed by atoms with Crippen molar-refractivity contribution < 1.29 is 0 Å². The van der Waals surface area contributed by atoms with Crippen molar-refractivity contribution in [3.8, 4) is 0 Å². The Morgan fingerprint density at radius 2 is 1.93 bits per heavy atom. The Labute approximate surface area is 97.1 Å². The van der Waals surface area contributed by atoms with E-state index in [4.69, 9.17) is 11.6 Å². The van der Waals surface area contributed by atoms with E-state index in [1.807, 2.05) is 12.1 Å². The summed E-state index contributed by atoms with van der Waals surface area (Å²) in [6, 6.07) is 6.20. The maximum atomic E-state index is 5.83. The molecule has 2 nitrogen and oxygen atoms in total. The Morgan fingerprint density at radius 1 is 1.27 bits per heavy atom. The van der Waals surface area contributed by atoms with Gasteiger partial charge in [-0.1, -0.05) is 44.4 Å². The minimum absolute atomic E-state index is 0.519. The summed E-state index contributed by atoms with van der Waals surface area (Å²) in [6.45, 7) is 4.41. The first-order chi connectivity index (χ1) is 7.26. The van der Waals surface area contributed by atoms with E-state index in [1.165, 1.54) is 25.7 Å². The van der Waals surface area contributed by atoms with Crippen LogP contribution in [0.15, 0.2) is 18.2 Å². The fraction of sp³-hybridized carbons (Fsp3) is 0.583. The van der Waals surface area contributed by atoms with E-state index in [0.29, 0.717) is 11.2 Å². The van der Waals surface area contributed by atoms with Crippen molar-refractivity contribution in [2.75, 3.05) is 5.32 Å². The lowest BCUT2D eigenvalue weighted by Crippen LogP contribution is -2.19. The highest BCUT2D eigenvalue weighted by molar-refractivity contribution is 6.29. The van der Waals surface area contributed by atoms with Gasteiger partial charge in [-0.15, -0.1) is 0 Å². The number of hydrogen-bond donors (Lipinski definition) is 1. The lowest BCUT2D eigenvalue weighted by atomic mass is 10.1. The predicted octanol–water partition coefficient (Wildman–Crippen LogP) is 4.12. The van der Waals surface area contributed by atoms with Crippen LogP contribution in [0.4, 0.5) is 5.82 Å². The zero-order chi connectivity index (χ0) is 11.1. The van der Waals surface area contributed by atoms with Crippen molar-refractivity contribution in [2.24, 2.45) is 0 Å². The Kier molecular flexibility index (Phi) is 5.48. The minimum Gasteiger partial charge on any atom is -0.367 e. The lowest BCUT2D eigenvalue weighted by molar-refractivity contribution is 0.584. The first kappa shape index (κ1) is 12.3. The number of anilines is 1. The largest absolute Gasteiger partial charge is 0.367 e. The normalized spacial score (nSPS) is 10.7. The number of pyridine rings is 1. The summed E-state index contributed by atoms with van der Waals surface area (Å²) < 4.78 is 0. The quantitative estimate of drug-likeness (QED) is 0.739. The van der Waals surface area contributed by atoms with Gasteiger partial charge in [-0.25, -0.2) is 4.98 Å². The fourth-order valence-electron chi connectivity index (χ4n) is 1.68. The number of nitrogens with zero attached hydrogens (tertiary/aromatic N) is 1. The van der Waals surface area contributed by atoms with Gasteiger partial charge in [0.05, 0.1) is 0 Å². The standard InChI is InChI=1S/C12H19ClN2/c1-3-6-10(7-4-2)14-12-9-5-8-11(13)15-12/h5,8-10H,3-4,6-7H2,1-2H3,(H,14,15). The van der Waals surface area contributed by atoms with E-state index >= 15 is 0 Å². The summed E-state index contributed by atoms with van der Waals surface area (Å²) >= 11 is 5.83. The number of rotatable bonds is 6. The number of nitrogens with one attached hydrogen (secondary N) is 1. The van der Waals surface area contributed by atoms with Gasteiger partial charge in [0.2, 0.25) is 0 Å². The molecule has 0 aliphatic carbocycles. The molecule has 0 saturated heterocycles. The molecule has 1 aromatic heterocycles. The summed E-state index contributed by atoms with van der Waals surface area (Å²) in [4.78, 5) is 4.23. The van der Waals surface area contributed by atoms with Crippen molar-refractivity contribution in [1.82, 2.24) is 4.98 Å². The van der Waals surface area contributed by atoms with Gasteiger partial charge in [0.1, 0.15) is 11.0 Å². The van der Waals surface area contributed by atoms with Crippen molar-refractivity contribution in [3.05, 3.63) is 23.4 Å². The molecule has 1 N–H and O–H groups in total. The first-order valence-electron chi connectivity index (χ1n) is 5.65. The molecule has 1 heterocycles. The summed E-state index contributed by atoms with van der Waals surface area (Å²) in [6.07, 6.45) is 4.75. The maximum absolute atomic E-state index is 5.83. The van der Waals surface area contributed by atoms with Crippen LogP contribution in [0.3, 0.4) is 0 Å². The van der Waals surface area contributed by atoms with Gasteiger partial charge in [0.15, 0.2) is 0 Å². The van der Waals surface area contributed by atoms with Crippen molar-refractivity contribution in [1.29, 1.82) is 0 Å². The second kappa shape index (κ2) is 6.67. The number of hydrogen-bond acceptors (Lipinski definition) is 2. The monoisotopic (exact) mass is 226 g/mol. The van der Waals surface area contributed by atoms with Gasteiger partial charge in [-0.3, -0.25) is 0 Å². The van der Waals surface area contributed by atoms with Gasteiger partial charge < -0.3 is 5.32 Å². The highest BCUT2D eigenvalue weighted by Crippen LogP contribution is 2.14. The molecule has 0 fully saturated rings. The topological polar surface area (TPSA) is 24.9 Å². The summed E-state index contributed by atoms with van der Waals surface area (Å²) in [5.41, 5.74) is 0. The van der Waals surface area contributed by atoms with E-state index in [9.17, 15) is 0 Å². The van der Waals surface area contributed by atoms with Crippen molar-refractivity contribution in [2.45, 2.75) is 45.6 Å². The lowest BCUT2D eigenvalue weighted by Gasteiger charge is -2.17. The van der Waals surface area contributed by atoms with Gasteiger partial charge in [0.25, 0.3) is 0 Å². The third-order valence-corrected chi connectivity index (χ3v) is 2.55. The SMILES string of the molecule is CCCC(CCC)Nc1cccc(Cl)n1. The Balaban J connectivity index is 2.56. The van der Waals surface area contributed by atoms with Gasteiger partial charge in [-0.2, -0.15) is 0 Å². The molecule has 1 rings (SSSR count). The molecule has 0 radical (unpaired) electrons. The summed E-state index contributed by atoms with van der Waals surface area (Å²) in [7, 11) is 0. The van der Waals surface area contributed by atoms with E-state index in [1.54, 1.807) is 6.07 Å². The fourth-order valence-corrected chi connectivity index (χ4v) is 1.85. The van der Waals surface area contributed by atoms with Gasteiger partial charge in [-0.05, 0) is 25.0 Å². The Hall–Kier alpha value is -0.760. The number of halogens is 1. The average Bonchev–Trinajstić information content (AvgIpc) is 2.18. The zero-order valence-electron chi connectivity index (χ0n) is 9.46. The summed E-state index contributed by atoms with van der Waals surface area (Å²) in [5, 5.41) is 3.97. The maximum Gasteiger partial charge on any atom is 0.131 e. The van der Waals surface area contributed by atoms with Crippen LogP contribution in [-0.2, 0) is 0 Å². The van der Waals surface area contributed by atoms with E-state index < -0.39 is 0 Å². The third kappa shape index (κ3) is 4.52. The zero-order valence-corrected chi connectivity index (χ0v) is 10.2. The molecule has 0 aliphatic heterocycles. The van der Waals surface area contributed by atoms with Crippen LogP contribution in [0.2, 0.25) is 5.15 Å². The van der Waals surface area contributed by atoms with Gasteiger partial charge in [0, 0.05) is 6.04 Å². The van der Waals surface area contributed by atoms with Crippen LogP contribution in [0, 0.1) is 0 Å². The molecule has 15 heavy (non-hydrogen) atoms. The third-order valence-electron chi connectivity index (χ3n) is 2.34. The summed E-state index contributed by atoms with van der Waals surface area (Å²) in [5.74, 6) is 0.884. The van der Waals surface area contributed by atoms with Crippen LogP contribution in [0.25, 0.3) is 0 Å². The number of aromatic nitrogens is 1. The predicted molar refractivity (Wildman–Crippen MR) is 66.5 cm³/mol. The minimum atomic E-state index is 0.519. The molecule has 0 unspecified atom stereocenters. The highest BCUT2D eigenvalue weighted by Gasteiger charge is 2.06. The Bertz CT molecular complexity index is 283. The van der Waals surface area contributed by atoms with Crippen LogP contribution in [0.1, 0.15) is 39.5 Å². The molecule has 0 atom stereocenters. The second-order valence-electron chi connectivity index (χ2n) is 3.76. The van der Waals surface area contributed by atoms with Gasteiger partial charge >= 0.3 is 0 Å². The van der Waals surface area contributed by atoms with E-state index in [0.717, 1.165) is 5.82 Å². The molecular formula is C12H19ClN2. The molecule has 0 amide bonds. The molecule has 3 heteroatoms. The van der Waals surface area contributed by atoms with Crippen molar-refractivity contribution >= 4 is 17.4 Å². The molecule has 84 valence electrons. The molecule has 0 spiro atoms. The molecular weight excluding hydrogens is 208 g/mol. The van der Waals surface area contributed by atoms with E-state index in [-0.39, 0.29) is 0 Å². The van der Waals surface area contributed by atoms with Crippen molar-refractivity contribution in [3.63, 3.8) is 0 Å². The van der Waals surface area contributed by atoms with Crippen LogP contribution in [0.5, 0.6) is 0 Å². The molecule has 0 bridgehead atoms. The van der Waals surface area contributed by atoms with E-state index in [2.05, 4.69) is 24.1 Å². The Morgan fingerprint density at radius 3 is 2.47 bits per heavy atom. The highest BCUT2D eigenvalue weighted by atomic mass is 35.5. The van der Waals surface area contributed by atoms with Crippen LogP contribution < -0.4 is 5.32 Å². The molecule has 0 aliphatic rings. The molecule has 0 aromatic carbocycles. The average molecular weight is 227 g/mol. The molecule has 1 aromatic rings. The first-order valence-corrected chi connectivity index (χ1v) is 6.03. The van der Waals surface area contributed by atoms with Crippen LogP contribution >= 0.6 is 11.6 Å². The smallest absolute Gasteiger partial charge is 0.131 e. The molecule has 0 saturated carbocycles. The second-order valence-corrected chi connectivity index (χ2v) is 4.15. The van der Waals surface area contributed by atoms with Crippen LogP contribution in [-0.4, -0.2) is 11.0 Å².